The Bertz CT molecular complexity index is 352. The van der Waals surface area contributed by atoms with Crippen molar-refractivity contribution in [2.75, 3.05) is 6.61 Å². The van der Waals surface area contributed by atoms with E-state index in [4.69, 9.17) is 5.11 Å². The molecule has 0 aromatic carbocycles. The highest BCUT2D eigenvalue weighted by atomic mass is 16.3. The van der Waals surface area contributed by atoms with Gasteiger partial charge in [0.1, 0.15) is 19.2 Å². The summed E-state index contributed by atoms with van der Waals surface area (Å²) in [6.45, 7) is 0.426. The van der Waals surface area contributed by atoms with E-state index in [-0.39, 0.29) is 25.1 Å². The molecule has 94 valence electrons. The van der Waals surface area contributed by atoms with Gasteiger partial charge in [0.2, 0.25) is 5.91 Å². The summed E-state index contributed by atoms with van der Waals surface area (Å²) in [6.07, 6.45) is 6.94. The first-order valence-electron chi connectivity index (χ1n) is 6.00. The molecule has 2 unspecified atom stereocenters. The van der Waals surface area contributed by atoms with Crippen LogP contribution in [0.3, 0.4) is 0 Å². The van der Waals surface area contributed by atoms with Crippen LogP contribution < -0.4 is 5.32 Å². The molecule has 0 aliphatic heterocycles. The van der Waals surface area contributed by atoms with Crippen LogP contribution in [-0.4, -0.2) is 38.4 Å². The van der Waals surface area contributed by atoms with Crippen LogP contribution in [0, 0.1) is 5.92 Å². The predicted molar refractivity (Wildman–Crippen MR) is 61.0 cm³/mol. The molecule has 1 aliphatic carbocycles. The lowest BCUT2D eigenvalue weighted by Crippen LogP contribution is -2.40. The normalized spacial score (nSPS) is 24.5. The van der Waals surface area contributed by atoms with Crippen molar-refractivity contribution >= 4 is 5.91 Å². The van der Waals surface area contributed by atoms with Gasteiger partial charge in [0, 0.05) is 12.6 Å². The van der Waals surface area contributed by atoms with E-state index < -0.39 is 0 Å². The third-order valence-corrected chi connectivity index (χ3v) is 3.18. The average molecular weight is 238 g/mol. The molecule has 2 atom stereocenters. The van der Waals surface area contributed by atoms with Gasteiger partial charge in [-0.15, -0.1) is 0 Å². The SMILES string of the molecule is O=C(Cn1cncn1)NC1CCCC(CO)C1. The molecule has 0 radical (unpaired) electrons. The maximum atomic E-state index is 11.7. The summed E-state index contributed by atoms with van der Waals surface area (Å²) >= 11 is 0. The van der Waals surface area contributed by atoms with Crippen molar-refractivity contribution in [3.63, 3.8) is 0 Å². The molecule has 6 heteroatoms. The van der Waals surface area contributed by atoms with Crippen molar-refractivity contribution in [1.82, 2.24) is 20.1 Å². The fraction of sp³-hybridized carbons (Fsp3) is 0.727. The summed E-state index contributed by atoms with van der Waals surface area (Å²) in [6, 6.07) is 0.192. The van der Waals surface area contributed by atoms with Gasteiger partial charge in [-0.05, 0) is 25.2 Å². The molecule has 0 saturated heterocycles. The number of hydrogen-bond acceptors (Lipinski definition) is 4. The zero-order chi connectivity index (χ0) is 12.1. The van der Waals surface area contributed by atoms with E-state index in [1.807, 2.05) is 0 Å². The minimum absolute atomic E-state index is 0.0425. The number of aliphatic hydroxyl groups excluding tert-OH is 1. The van der Waals surface area contributed by atoms with Crippen LogP contribution in [0.15, 0.2) is 12.7 Å². The Kier molecular flexibility index (Phi) is 4.08. The van der Waals surface area contributed by atoms with E-state index in [1.165, 1.54) is 17.3 Å². The molecule has 1 fully saturated rings. The Morgan fingerprint density at radius 1 is 1.53 bits per heavy atom. The molecule has 1 aromatic heterocycles. The number of carbonyl (C=O) groups is 1. The number of rotatable bonds is 4. The summed E-state index contributed by atoms with van der Waals surface area (Å²) < 4.78 is 1.50. The molecular formula is C11H18N4O2. The molecule has 6 nitrogen and oxygen atoms in total. The van der Waals surface area contributed by atoms with Crippen molar-refractivity contribution in [1.29, 1.82) is 0 Å². The highest BCUT2D eigenvalue weighted by Gasteiger charge is 2.22. The quantitative estimate of drug-likeness (QED) is 0.770. The molecule has 1 aliphatic rings. The Balaban J connectivity index is 1.78. The van der Waals surface area contributed by atoms with Crippen LogP contribution in [0.2, 0.25) is 0 Å². The van der Waals surface area contributed by atoms with Crippen LogP contribution in [0.25, 0.3) is 0 Å². The molecule has 1 amide bonds. The summed E-state index contributed by atoms with van der Waals surface area (Å²) in [4.78, 5) is 15.5. The predicted octanol–water partition coefficient (Wildman–Crippen LogP) is -0.0546. The van der Waals surface area contributed by atoms with E-state index in [0.29, 0.717) is 5.92 Å². The van der Waals surface area contributed by atoms with Crippen molar-refractivity contribution in [2.24, 2.45) is 5.92 Å². The van der Waals surface area contributed by atoms with Gasteiger partial charge in [-0.3, -0.25) is 4.79 Å². The van der Waals surface area contributed by atoms with E-state index >= 15 is 0 Å². The summed E-state index contributed by atoms with van der Waals surface area (Å²) in [5.74, 6) is 0.291. The first-order valence-corrected chi connectivity index (χ1v) is 6.00. The Labute approximate surface area is 100 Å². The van der Waals surface area contributed by atoms with Gasteiger partial charge in [-0.1, -0.05) is 6.42 Å². The van der Waals surface area contributed by atoms with Gasteiger partial charge in [0.25, 0.3) is 0 Å². The van der Waals surface area contributed by atoms with E-state index in [0.717, 1.165) is 25.7 Å². The van der Waals surface area contributed by atoms with Crippen LogP contribution >= 0.6 is 0 Å². The lowest BCUT2D eigenvalue weighted by molar-refractivity contribution is -0.122. The zero-order valence-corrected chi connectivity index (χ0v) is 9.75. The molecule has 2 N–H and O–H groups in total. The summed E-state index contributed by atoms with van der Waals surface area (Å²) in [7, 11) is 0. The number of nitrogens with zero attached hydrogens (tertiary/aromatic N) is 3. The second-order valence-electron chi connectivity index (χ2n) is 4.57. The highest BCUT2D eigenvalue weighted by molar-refractivity contribution is 5.75. The second-order valence-corrected chi connectivity index (χ2v) is 4.57. The molecule has 1 aromatic rings. The number of aliphatic hydroxyl groups is 1. The van der Waals surface area contributed by atoms with Crippen molar-refractivity contribution in [2.45, 2.75) is 38.3 Å². The smallest absolute Gasteiger partial charge is 0.242 e. The monoisotopic (exact) mass is 238 g/mol. The van der Waals surface area contributed by atoms with Crippen LogP contribution in [-0.2, 0) is 11.3 Å². The topological polar surface area (TPSA) is 80.0 Å². The number of amides is 1. The first kappa shape index (κ1) is 12.0. The Morgan fingerprint density at radius 3 is 3.12 bits per heavy atom. The molecular weight excluding hydrogens is 220 g/mol. The fourth-order valence-corrected chi connectivity index (χ4v) is 2.32. The summed E-state index contributed by atoms with van der Waals surface area (Å²) in [5.41, 5.74) is 0. The minimum Gasteiger partial charge on any atom is -0.396 e. The van der Waals surface area contributed by atoms with Gasteiger partial charge in [0.05, 0.1) is 0 Å². The van der Waals surface area contributed by atoms with Gasteiger partial charge >= 0.3 is 0 Å². The third-order valence-electron chi connectivity index (χ3n) is 3.18. The zero-order valence-electron chi connectivity index (χ0n) is 9.75. The lowest BCUT2D eigenvalue weighted by Gasteiger charge is -2.28. The number of nitrogens with one attached hydrogen (secondary N) is 1. The number of carbonyl (C=O) groups excluding carboxylic acids is 1. The molecule has 2 rings (SSSR count). The lowest BCUT2D eigenvalue weighted by atomic mass is 9.86. The standard InChI is InChI=1S/C11H18N4O2/c16-6-9-2-1-3-10(4-9)14-11(17)5-15-8-12-7-13-15/h7-10,16H,1-6H2,(H,14,17). The van der Waals surface area contributed by atoms with E-state index in [1.54, 1.807) is 0 Å². The van der Waals surface area contributed by atoms with Crippen molar-refractivity contribution in [3.05, 3.63) is 12.7 Å². The van der Waals surface area contributed by atoms with Gasteiger partial charge in [0.15, 0.2) is 0 Å². The van der Waals surface area contributed by atoms with Crippen molar-refractivity contribution in [3.8, 4) is 0 Å². The molecule has 0 bridgehead atoms. The fourth-order valence-electron chi connectivity index (χ4n) is 2.32. The summed E-state index contributed by atoms with van der Waals surface area (Å²) in [5, 5.41) is 16.0. The molecule has 1 heterocycles. The van der Waals surface area contributed by atoms with E-state index in [9.17, 15) is 4.79 Å². The van der Waals surface area contributed by atoms with Gasteiger partial charge in [-0.2, -0.15) is 5.10 Å². The third kappa shape index (κ3) is 3.52. The second kappa shape index (κ2) is 5.77. The number of aromatic nitrogens is 3. The first-order chi connectivity index (χ1) is 8.28. The van der Waals surface area contributed by atoms with Gasteiger partial charge in [-0.25, -0.2) is 9.67 Å². The Morgan fingerprint density at radius 2 is 2.41 bits per heavy atom. The Hall–Kier alpha value is -1.43. The largest absolute Gasteiger partial charge is 0.396 e. The minimum atomic E-state index is -0.0425. The average Bonchev–Trinajstić information content (AvgIpc) is 2.82. The molecule has 1 saturated carbocycles. The van der Waals surface area contributed by atoms with Crippen LogP contribution in [0.4, 0.5) is 0 Å². The molecule has 17 heavy (non-hydrogen) atoms. The van der Waals surface area contributed by atoms with Crippen molar-refractivity contribution < 1.29 is 9.90 Å². The van der Waals surface area contributed by atoms with Crippen LogP contribution in [0.5, 0.6) is 0 Å². The maximum absolute atomic E-state index is 11.7. The molecule has 0 spiro atoms. The van der Waals surface area contributed by atoms with E-state index in [2.05, 4.69) is 15.4 Å². The number of hydrogen-bond donors (Lipinski definition) is 2. The van der Waals surface area contributed by atoms with Crippen LogP contribution in [0.1, 0.15) is 25.7 Å². The van der Waals surface area contributed by atoms with Gasteiger partial charge < -0.3 is 10.4 Å². The highest BCUT2D eigenvalue weighted by Crippen LogP contribution is 2.23. The maximum Gasteiger partial charge on any atom is 0.242 e.